The molecule has 0 radical (unpaired) electrons. The molecule has 1 fully saturated rings. The quantitative estimate of drug-likeness (QED) is 0.483. The lowest BCUT2D eigenvalue weighted by Crippen LogP contribution is -2.46. The van der Waals surface area contributed by atoms with Gasteiger partial charge in [-0.15, -0.1) is 0 Å². The van der Waals surface area contributed by atoms with Crippen molar-refractivity contribution in [3.8, 4) is 17.2 Å². The van der Waals surface area contributed by atoms with E-state index in [0.29, 0.717) is 13.0 Å². The van der Waals surface area contributed by atoms with Crippen LogP contribution in [0.15, 0.2) is 42.5 Å². The van der Waals surface area contributed by atoms with Gasteiger partial charge in [0.1, 0.15) is 11.5 Å². The fourth-order valence-corrected chi connectivity index (χ4v) is 3.94. The van der Waals surface area contributed by atoms with Gasteiger partial charge in [-0.25, -0.2) is 0 Å². The van der Waals surface area contributed by atoms with E-state index in [0.717, 1.165) is 62.1 Å². The van der Waals surface area contributed by atoms with Crippen LogP contribution in [-0.2, 0) is 11.3 Å². The summed E-state index contributed by atoms with van der Waals surface area (Å²) < 4.78 is 17.0. The summed E-state index contributed by atoms with van der Waals surface area (Å²) in [4.78, 5) is 16.6. The van der Waals surface area contributed by atoms with E-state index in [1.807, 2.05) is 32.0 Å². The summed E-state index contributed by atoms with van der Waals surface area (Å²) >= 11 is 0. The first-order valence-corrected chi connectivity index (χ1v) is 11.4. The molecule has 1 aliphatic heterocycles. The van der Waals surface area contributed by atoms with Gasteiger partial charge in [0, 0.05) is 45.1 Å². The number of hydrogen-bond acceptors (Lipinski definition) is 6. The van der Waals surface area contributed by atoms with E-state index < -0.39 is 0 Å². The predicted molar refractivity (Wildman–Crippen MR) is 128 cm³/mol. The van der Waals surface area contributed by atoms with Gasteiger partial charge in [-0.05, 0) is 36.2 Å². The average molecular weight is 441 g/mol. The molecule has 6 nitrogen and oxygen atoms in total. The summed E-state index contributed by atoms with van der Waals surface area (Å²) in [6, 6.07) is 14.3. The highest BCUT2D eigenvalue weighted by Crippen LogP contribution is 2.30. The van der Waals surface area contributed by atoms with Gasteiger partial charge in [-0.3, -0.25) is 9.69 Å². The Hall–Kier alpha value is -2.73. The first-order chi connectivity index (χ1) is 15.5. The summed E-state index contributed by atoms with van der Waals surface area (Å²) in [5.41, 5.74) is 2.36. The molecule has 0 atom stereocenters. The van der Waals surface area contributed by atoms with Gasteiger partial charge in [-0.1, -0.05) is 32.0 Å². The minimum atomic E-state index is 0.0837. The number of carbonyl (C=O) groups excluding carboxylic acids is 1. The second-order valence-electron chi connectivity index (χ2n) is 8.49. The standard InChI is InChI=1S/C26H36N2O4/c1-20(2)23(29)9-7-17-32-25-12-11-21(18-26(25)31-4)19-27-13-15-28(16-14-27)22-8-5-6-10-24(22)30-3/h5-6,8,10-12,18,20H,7,9,13-17,19H2,1-4H3. The van der Waals surface area contributed by atoms with E-state index in [4.69, 9.17) is 14.2 Å². The summed E-state index contributed by atoms with van der Waals surface area (Å²) in [6.45, 7) is 9.16. The Morgan fingerprint density at radius 1 is 0.938 bits per heavy atom. The maximum Gasteiger partial charge on any atom is 0.161 e. The first kappa shape index (κ1) is 23.9. The Bertz CT molecular complexity index is 876. The number of anilines is 1. The van der Waals surface area contributed by atoms with Crippen LogP contribution in [0.2, 0.25) is 0 Å². The molecule has 0 unspecified atom stereocenters. The molecule has 0 N–H and O–H groups in total. The van der Waals surface area contributed by atoms with Crippen LogP contribution >= 0.6 is 0 Å². The van der Waals surface area contributed by atoms with Gasteiger partial charge in [0.15, 0.2) is 11.5 Å². The van der Waals surface area contributed by atoms with Crippen molar-refractivity contribution < 1.29 is 19.0 Å². The van der Waals surface area contributed by atoms with Crippen molar-refractivity contribution >= 4 is 11.5 Å². The average Bonchev–Trinajstić information content (AvgIpc) is 2.82. The molecule has 0 saturated carbocycles. The van der Waals surface area contributed by atoms with Crippen molar-refractivity contribution in [2.45, 2.75) is 33.2 Å². The molecule has 6 heteroatoms. The lowest BCUT2D eigenvalue weighted by atomic mass is 10.1. The van der Waals surface area contributed by atoms with Crippen LogP contribution in [0, 0.1) is 5.92 Å². The molecule has 0 aliphatic carbocycles. The Morgan fingerprint density at radius 2 is 1.66 bits per heavy atom. The lowest BCUT2D eigenvalue weighted by molar-refractivity contribution is -0.122. The zero-order valence-electron chi connectivity index (χ0n) is 19.8. The van der Waals surface area contributed by atoms with Gasteiger partial charge in [0.25, 0.3) is 0 Å². The van der Waals surface area contributed by atoms with Crippen LogP contribution < -0.4 is 19.1 Å². The summed E-state index contributed by atoms with van der Waals surface area (Å²) in [6.07, 6.45) is 1.28. The number of nitrogens with zero attached hydrogens (tertiary/aromatic N) is 2. The smallest absolute Gasteiger partial charge is 0.161 e. The van der Waals surface area contributed by atoms with Crippen molar-refractivity contribution in [1.82, 2.24) is 4.90 Å². The largest absolute Gasteiger partial charge is 0.495 e. The number of methoxy groups -OCH3 is 2. The number of benzene rings is 2. The maximum atomic E-state index is 11.7. The van der Waals surface area contributed by atoms with E-state index in [1.165, 1.54) is 5.56 Å². The number of rotatable bonds is 11. The van der Waals surface area contributed by atoms with Crippen LogP contribution in [-0.4, -0.2) is 57.7 Å². The van der Waals surface area contributed by atoms with Gasteiger partial charge < -0.3 is 19.1 Å². The number of hydrogen-bond donors (Lipinski definition) is 0. The SMILES string of the molecule is COc1cc(CN2CCN(c3ccccc3OC)CC2)ccc1OCCCC(=O)C(C)C. The monoisotopic (exact) mass is 440 g/mol. The van der Waals surface area contributed by atoms with E-state index in [9.17, 15) is 4.79 Å². The van der Waals surface area contributed by atoms with Crippen molar-refractivity contribution in [2.24, 2.45) is 5.92 Å². The second kappa shape index (κ2) is 11.8. The molecular formula is C26H36N2O4. The number of Topliss-reactive ketones (excluding diaryl/α,β-unsaturated/α-hetero) is 1. The van der Waals surface area contributed by atoms with Crippen molar-refractivity contribution in [2.75, 3.05) is 51.9 Å². The molecule has 1 heterocycles. The number of ketones is 1. The van der Waals surface area contributed by atoms with E-state index in [1.54, 1.807) is 14.2 Å². The summed E-state index contributed by atoms with van der Waals surface area (Å²) in [5.74, 6) is 2.76. The number of carbonyl (C=O) groups is 1. The molecule has 32 heavy (non-hydrogen) atoms. The Labute approximate surface area is 192 Å². The lowest BCUT2D eigenvalue weighted by Gasteiger charge is -2.36. The molecular weight excluding hydrogens is 404 g/mol. The third kappa shape index (κ3) is 6.39. The van der Waals surface area contributed by atoms with Crippen LogP contribution in [0.3, 0.4) is 0 Å². The molecule has 174 valence electrons. The second-order valence-corrected chi connectivity index (χ2v) is 8.49. The minimum absolute atomic E-state index is 0.0837. The van der Waals surface area contributed by atoms with E-state index in [-0.39, 0.29) is 11.7 Å². The Balaban J connectivity index is 1.51. The van der Waals surface area contributed by atoms with Crippen molar-refractivity contribution in [3.63, 3.8) is 0 Å². The first-order valence-electron chi connectivity index (χ1n) is 11.4. The maximum absolute atomic E-state index is 11.7. The van der Waals surface area contributed by atoms with Crippen LogP contribution in [0.25, 0.3) is 0 Å². The highest BCUT2D eigenvalue weighted by atomic mass is 16.5. The zero-order chi connectivity index (χ0) is 22.9. The molecule has 0 aromatic heterocycles. The molecule has 1 aliphatic rings. The van der Waals surface area contributed by atoms with E-state index >= 15 is 0 Å². The number of ether oxygens (including phenoxy) is 3. The summed E-state index contributed by atoms with van der Waals surface area (Å²) in [7, 11) is 3.39. The van der Waals surface area contributed by atoms with Gasteiger partial charge >= 0.3 is 0 Å². The zero-order valence-corrected chi connectivity index (χ0v) is 19.8. The van der Waals surface area contributed by atoms with Gasteiger partial charge in [0.05, 0.1) is 26.5 Å². The molecule has 0 amide bonds. The third-order valence-electron chi connectivity index (χ3n) is 5.90. The van der Waals surface area contributed by atoms with Crippen molar-refractivity contribution in [3.05, 3.63) is 48.0 Å². The topological polar surface area (TPSA) is 51.2 Å². The summed E-state index contributed by atoms with van der Waals surface area (Å²) in [5, 5.41) is 0. The Morgan fingerprint density at radius 3 is 2.34 bits per heavy atom. The predicted octanol–water partition coefficient (Wildman–Crippen LogP) is 4.41. The van der Waals surface area contributed by atoms with Crippen LogP contribution in [0.5, 0.6) is 17.2 Å². The third-order valence-corrected chi connectivity index (χ3v) is 5.90. The highest BCUT2D eigenvalue weighted by molar-refractivity contribution is 5.80. The molecule has 2 aromatic rings. The van der Waals surface area contributed by atoms with Crippen LogP contribution in [0.4, 0.5) is 5.69 Å². The van der Waals surface area contributed by atoms with Gasteiger partial charge in [-0.2, -0.15) is 0 Å². The molecule has 1 saturated heterocycles. The normalized spacial score (nSPS) is 14.5. The highest BCUT2D eigenvalue weighted by Gasteiger charge is 2.20. The molecule has 0 bridgehead atoms. The van der Waals surface area contributed by atoms with E-state index in [2.05, 4.69) is 34.1 Å². The molecule has 0 spiro atoms. The Kier molecular flexibility index (Phi) is 8.80. The van der Waals surface area contributed by atoms with Crippen molar-refractivity contribution in [1.29, 1.82) is 0 Å². The van der Waals surface area contributed by atoms with Gasteiger partial charge in [0.2, 0.25) is 0 Å². The fraction of sp³-hybridized carbons (Fsp3) is 0.500. The molecule has 3 rings (SSSR count). The fourth-order valence-electron chi connectivity index (χ4n) is 3.94. The van der Waals surface area contributed by atoms with Crippen LogP contribution in [0.1, 0.15) is 32.3 Å². The number of para-hydroxylation sites is 2. The number of piperazine rings is 1. The minimum Gasteiger partial charge on any atom is -0.495 e. The molecule has 2 aromatic carbocycles.